The number of aliphatic hydroxyl groups is 1. The van der Waals surface area contributed by atoms with Crippen molar-refractivity contribution >= 4 is 11.8 Å². The van der Waals surface area contributed by atoms with Crippen LogP contribution in [-0.4, -0.2) is 73.6 Å². The van der Waals surface area contributed by atoms with Crippen molar-refractivity contribution in [1.29, 1.82) is 0 Å². The topological polar surface area (TPSA) is 122 Å². The number of aliphatic hydroxyl groups excluding tert-OH is 1. The van der Waals surface area contributed by atoms with Gasteiger partial charge in [0.15, 0.2) is 0 Å². The molecular formula is C22H32N6O4. The van der Waals surface area contributed by atoms with Gasteiger partial charge in [0, 0.05) is 37.8 Å². The number of likely N-dealkylation sites (tertiary alicyclic amines) is 1. The Balaban J connectivity index is 1.88. The fraction of sp³-hybridized carbons (Fsp3) is 0.591. The van der Waals surface area contributed by atoms with Crippen molar-refractivity contribution in [2.24, 2.45) is 5.41 Å². The molecule has 2 aromatic heterocycles. The van der Waals surface area contributed by atoms with Gasteiger partial charge < -0.3 is 20.1 Å². The number of aromatic nitrogens is 4. The van der Waals surface area contributed by atoms with Gasteiger partial charge in [-0.05, 0) is 25.3 Å². The molecule has 1 aliphatic rings. The van der Waals surface area contributed by atoms with Gasteiger partial charge in [-0.15, -0.1) is 5.10 Å². The molecule has 3 atom stereocenters. The van der Waals surface area contributed by atoms with Crippen LogP contribution in [0.2, 0.25) is 0 Å². The Morgan fingerprint density at radius 1 is 1.28 bits per heavy atom. The summed E-state index contributed by atoms with van der Waals surface area (Å²) in [5, 5.41) is 21.2. The number of ether oxygens (including phenoxy) is 1. The highest BCUT2D eigenvalue weighted by Gasteiger charge is 2.45. The van der Waals surface area contributed by atoms with Gasteiger partial charge in [0.2, 0.25) is 17.7 Å². The van der Waals surface area contributed by atoms with Crippen LogP contribution >= 0.6 is 0 Å². The maximum absolute atomic E-state index is 13.6. The number of rotatable bonds is 6. The first-order valence-corrected chi connectivity index (χ1v) is 10.8. The molecule has 1 aliphatic heterocycles. The Hall–Kier alpha value is -3.01. The monoisotopic (exact) mass is 444 g/mol. The first kappa shape index (κ1) is 23.6. The van der Waals surface area contributed by atoms with E-state index in [-0.39, 0.29) is 30.9 Å². The fourth-order valence-corrected chi connectivity index (χ4v) is 3.89. The minimum absolute atomic E-state index is 0.0236. The molecule has 10 nitrogen and oxygen atoms in total. The van der Waals surface area contributed by atoms with E-state index in [4.69, 9.17) is 4.74 Å². The Morgan fingerprint density at radius 2 is 2.00 bits per heavy atom. The van der Waals surface area contributed by atoms with Gasteiger partial charge in [-0.3, -0.25) is 9.59 Å². The van der Waals surface area contributed by atoms with Gasteiger partial charge in [0.05, 0.1) is 18.4 Å². The summed E-state index contributed by atoms with van der Waals surface area (Å²) >= 11 is 0. The van der Waals surface area contributed by atoms with E-state index in [9.17, 15) is 14.7 Å². The predicted octanol–water partition coefficient (Wildman–Crippen LogP) is 1.42. The molecule has 10 heteroatoms. The number of nitrogens with zero attached hydrogens (tertiary/aromatic N) is 5. The molecular weight excluding hydrogens is 412 g/mol. The average Bonchev–Trinajstić information content (AvgIpc) is 3.33. The highest BCUT2D eigenvalue weighted by molar-refractivity contribution is 5.90. The number of likely N-dealkylation sites (N-methyl/N-ethyl adjacent to an activating group) is 1. The zero-order valence-electron chi connectivity index (χ0n) is 19.4. The lowest BCUT2D eigenvalue weighted by molar-refractivity contribution is -0.144. The third-order valence-electron chi connectivity index (χ3n) is 5.33. The lowest BCUT2D eigenvalue weighted by Crippen LogP contribution is -2.49. The van der Waals surface area contributed by atoms with E-state index in [1.165, 1.54) is 16.6 Å². The number of amides is 2. The van der Waals surface area contributed by atoms with Crippen molar-refractivity contribution in [2.45, 2.75) is 65.3 Å². The summed E-state index contributed by atoms with van der Waals surface area (Å²) in [6, 6.07) is 2.18. The third-order valence-corrected chi connectivity index (χ3v) is 5.33. The summed E-state index contributed by atoms with van der Waals surface area (Å²) in [6.07, 6.45) is 2.84. The minimum atomic E-state index is -0.745. The first-order chi connectivity index (χ1) is 15.0. The van der Waals surface area contributed by atoms with Crippen molar-refractivity contribution in [3.05, 3.63) is 24.5 Å². The Bertz CT molecular complexity index is 950. The van der Waals surface area contributed by atoms with Crippen LogP contribution in [0, 0.1) is 5.41 Å². The van der Waals surface area contributed by atoms with E-state index in [1.54, 1.807) is 18.5 Å². The summed E-state index contributed by atoms with van der Waals surface area (Å²) < 4.78 is 7.10. The zero-order chi connectivity index (χ0) is 23.6. The minimum Gasteiger partial charge on any atom is -0.475 e. The molecule has 0 unspecified atom stereocenters. The quantitative estimate of drug-likeness (QED) is 0.691. The van der Waals surface area contributed by atoms with Crippen molar-refractivity contribution in [3.63, 3.8) is 0 Å². The molecule has 0 saturated carbocycles. The van der Waals surface area contributed by atoms with E-state index in [0.717, 1.165) is 5.56 Å². The molecule has 0 spiro atoms. The largest absolute Gasteiger partial charge is 0.475 e. The van der Waals surface area contributed by atoms with Crippen LogP contribution in [0.15, 0.2) is 24.5 Å². The summed E-state index contributed by atoms with van der Waals surface area (Å²) in [6.45, 7) is 9.75. The van der Waals surface area contributed by atoms with Crippen molar-refractivity contribution in [3.8, 4) is 17.1 Å². The van der Waals surface area contributed by atoms with Crippen LogP contribution in [0.5, 0.6) is 5.88 Å². The summed E-state index contributed by atoms with van der Waals surface area (Å²) in [7, 11) is 1.52. The molecule has 174 valence electrons. The molecule has 1 fully saturated rings. The molecule has 32 heavy (non-hydrogen) atoms. The van der Waals surface area contributed by atoms with Gasteiger partial charge in [-0.1, -0.05) is 26.0 Å². The maximum atomic E-state index is 13.6. The molecule has 0 bridgehead atoms. The second kappa shape index (κ2) is 9.23. The van der Waals surface area contributed by atoms with Crippen LogP contribution < -0.4 is 10.1 Å². The molecule has 3 heterocycles. The smallest absolute Gasteiger partial charge is 0.248 e. The van der Waals surface area contributed by atoms with E-state index in [2.05, 4.69) is 20.6 Å². The second-order valence-electron chi connectivity index (χ2n) is 9.41. The van der Waals surface area contributed by atoms with Crippen molar-refractivity contribution in [2.75, 3.05) is 13.6 Å². The highest BCUT2D eigenvalue weighted by atomic mass is 16.5. The molecule has 0 aromatic carbocycles. The Morgan fingerprint density at radius 3 is 2.56 bits per heavy atom. The standard InChI is InChI=1S/C22H32N6O4/c1-13(2)32-18-8-7-14(10-24-18)16-12-28(26-25-16)19(22(3,4)5)21(31)27-11-15(29)9-17(27)20(30)23-6/h7-8,10,12-13,15,17,19,29H,9,11H2,1-6H3,(H,23,30)/t15-,17+,19-/m1/s1. The van der Waals surface area contributed by atoms with Crippen molar-refractivity contribution < 1.29 is 19.4 Å². The maximum Gasteiger partial charge on any atom is 0.248 e. The number of hydrogen-bond acceptors (Lipinski definition) is 7. The van der Waals surface area contributed by atoms with E-state index in [0.29, 0.717) is 11.6 Å². The van der Waals surface area contributed by atoms with Gasteiger partial charge >= 0.3 is 0 Å². The Labute approximate surface area is 188 Å². The average molecular weight is 445 g/mol. The second-order valence-corrected chi connectivity index (χ2v) is 9.41. The van der Waals surface area contributed by atoms with E-state index >= 15 is 0 Å². The van der Waals surface area contributed by atoms with E-state index in [1.807, 2.05) is 40.7 Å². The molecule has 3 rings (SSSR count). The summed E-state index contributed by atoms with van der Waals surface area (Å²) in [5.74, 6) is -0.0544. The van der Waals surface area contributed by atoms with Crippen molar-refractivity contribution in [1.82, 2.24) is 30.2 Å². The summed E-state index contributed by atoms with van der Waals surface area (Å²) in [4.78, 5) is 31.6. The number of hydrogen-bond donors (Lipinski definition) is 2. The first-order valence-electron chi connectivity index (χ1n) is 10.8. The molecule has 1 saturated heterocycles. The lowest BCUT2D eigenvalue weighted by atomic mass is 9.85. The van der Waals surface area contributed by atoms with Gasteiger partial charge in [0.1, 0.15) is 17.8 Å². The molecule has 0 aliphatic carbocycles. The van der Waals surface area contributed by atoms with Gasteiger partial charge in [-0.2, -0.15) is 0 Å². The van der Waals surface area contributed by atoms with Crippen LogP contribution in [0.3, 0.4) is 0 Å². The molecule has 2 amide bonds. The van der Waals surface area contributed by atoms with Crippen LogP contribution in [0.4, 0.5) is 0 Å². The SMILES string of the molecule is CNC(=O)[C@@H]1C[C@@H](O)CN1C(=O)[C@@H](n1cc(-c2ccc(OC(C)C)nc2)nn1)C(C)(C)C. The zero-order valence-corrected chi connectivity index (χ0v) is 19.4. The fourth-order valence-electron chi connectivity index (χ4n) is 3.89. The van der Waals surface area contributed by atoms with Crippen LogP contribution in [0.1, 0.15) is 47.1 Å². The summed E-state index contributed by atoms with van der Waals surface area (Å²) in [5.41, 5.74) is 0.794. The van der Waals surface area contributed by atoms with Gasteiger partial charge in [-0.25, -0.2) is 9.67 Å². The number of β-amino-alcohol motifs (C(OH)–C–C–N with tert-alkyl or cyclic N) is 1. The third kappa shape index (κ3) is 5.07. The van der Waals surface area contributed by atoms with Crippen LogP contribution in [-0.2, 0) is 9.59 Å². The highest BCUT2D eigenvalue weighted by Crippen LogP contribution is 2.35. The number of carbonyl (C=O) groups is 2. The van der Waals surface area contributed by atoms with Gasteiger partial charge in [0.25, 0.3) is 0 Å². The number of carbonyl (C=O) groups excluding carboxylic acids is 2. The normalized spacial score (nSPS) is 19.8. The van der Waals surface area contributed by atoms with E-state index < -0.39 is 23.6 Å². The van der Waals surface area contributed by atoms with Crippen LogP contribution in [0.25, 0.3) is 11.3 Å². The Kier molecular flexibility index (Phi) is 6.82. The number of pyridine rings is 1. The number of nitrogens with one attached hydrogen (secondary N) is 1. The molecule has 0 radical (unpaired) electrons. The predicted molar refractivity (Wildman–Crippen MR) is 118 cm³/mol. The molecule has 2 N–H and O–H groups in total. The molecule has 2 aromatic rings. The lowest BCUT2D eigenvalue weighted by Gasteiger charge is -2.34.